The van der Waals surface area contributed by atoms with Gasteiger partial charge in [0.2, 0.25) is 5.82 Å². The molecule has 0 radical (unpaired) electrons. The van der Waals surface area contributed by atoms with Crippen molar-refractivity contribution in [2.24, 2.45) is 0 Å². The summed E-state index contributed by atoms with van der Waals surface area (Å²) in [6.07, 6.45) is 0. The molecule has 29 heavy (non-hydrogen) atoms. The molecule has 0 saturated heterocycles. The maximum absolute atomic E-state index is 12.8. The van der Waals surface area contributed by atoms with Crippen LogP contribution in [0, 0.1) is 6.92 Å². The number of carbonyl (C=O) groups excluding carboxylic acids is 1. The second-order valence-electron chi connectivity index (χ2n) is 6.38. The number of nitrogens with one attached hydrogen (secondary N) is 1. The van der Waals surface area contributed by atoms with Crippen LogP contribution >= 0.6 is 23.2 Å². The lowest BCUT2D eigenvalue weighted by Gasteiger charge is -2.07. The number of hydrogen-bond donors (Lipinski definition) is 1. The van der Waals surface area contributed by atoms with Gasteiger partial charge in [0.1, 0.15) is 0 Å². The normalized spacial score (nSPS) is 10.7. The molecule has 1 N–H and O–H groups in total. The molecule has 0 aliphatic rings. The van der Waals surface area contributed by atoms with Crippen molar-refractivity contribution in [1.29, 1.82) is 0 Å². The summed E-state index contributed by atoms with van der Waals surface area (Å²) in [5.74, 6) is 0.180. The molecular weight excluding hydrogens is 407 g/mol. The van der Waals surface area contributed by atoms with Crippen LogP contribution in [0.25, 0.3) is 17.1 Å². The lowest BCUT2D eigenvalue weighted by Crippen LogP contribution is -2.15. The van der Waals surface area contributed by atoms with Crippen LogP contribution in [0.5, 0.6) is 0 Å². The summed E-state index contributed by atoms with van der Waals surface area (Å²) in [7, 11) is 0. The average molecular weight is 423 g/mol. The zero-order chi connectivity index (χ0) is 20.4. The third-order valence-electron chi connectivity index (χ3n) is 4.43. The predicted molar refractivity (Wildman–Crippen MR) is 116 cm³/mol. The van der Waals surface area contributed by atoms with Crippen molar-refractivity contribution in [3.05, 3.63) is 94.2 Å². The number of halogens is 2. The third-order valence-corrected chi connectivity index (χ3v) is 5.09. The van der Waals surface area contributed by atoms with Crippen LogP contribution < -0.4 is 5.32 Å². The fourth-order valence-corrected chi connectivity index (χ4v) is 3.16. The van der Waals surface area contributed by atoms with E-state index in [-0.39, 0.29) is 5.82 Å². The van der Waals surface area contributed by atoms with Gasteiger partial charge in [-0.2, -0.15) is 0 Å². The first kappa shape index (κ1) is 19.2. The Hall–Kier alpha value is -3.15. The monoisotopic (exact) mass is 422 g/mol. The number of anilines is 1. The smallest absolute Gasteiger partial charge is 0.295 e. The molecule has 5 nitrogen and oxygen atoms in total. The van der Waals surface area contributed by atoms with Gasteiger partial charge >= 0.3 is 0 Å². The zero-order valence-electron chi connectivity index (χ0n) is 15.4. The molecule has 144 valence electrons. The lowest BCUT2D eigenvalue weighted by molar-refractivity contribution is 0.101. The minimum atomic E-state index is -0.416. The quantitative estimate of drug-likeness (QED) is 0.451. The molecule has 7 heteroatoms. The molecule has 0 aliphatic heterocycles. The van der Waals surface area contributed by atoms with Crippen LogP contribution in [0.4, 0.5) is 5.69 Å². The maximum atomic E-state index is 12.8. The summed E-state index contributed by atoms with van der Waals surface area (Å²) in [6, 6.07) is 22.1. The van der Waals surface area contributed by atoms with E-state index in [2.05, 4.69) is 15.4 Å². The van der Waals surface area contributed by atoms with E-state index in [4.69, 9.17) is 23.2 Å². The molecule has 0 aliphatic carbocycles. The van der Waals surface area contributed by atoms with Crippen LogP contribution in [0.1, 0.15) is 16.2 Å². The number of amides is 1. The first-order chi connectivity index (χ1) is 14.0. The molecule has 0 bridgehead atoms. The van der Waals surface area contributed by atoms with Gasteiger partial charge in [-0.3, -0.25) is 4.79 Å². The summed E-state index contributed by atoms with van der Waals surface area (Å²) in [4.78, 5) is 17.3. The van der Waals surface area contributed by atoms with Gasteiger partial charge in [0.05, 0.1) is 5.69 Å². The van der Waals surface area contributed by atoms with E-state index in [1.165, 1.54) is 0 Å². The Labute approximate surface area is 177 Å². The number of para-hydroxylation sites is 1. The number of carbonyl (C=O) groups is 1. The predicted octanol–water partition coefficient (Wildman–Crippen LogP) is 5.80. The number of benzene rings is 3. The van der Waals surface area contributed by atoms with Gasteiger partial charge < -0.3 is 5.32 Å². The molecule has 1 aromatic heterocycles. The fourth-order valence-electron chi connectivity index (χ4n) is 2.86. The SMILES string of the molecule is Cc1c(Cl)cccc1NC(=O)c1nc(-c2ccc(Cl)cc2)n(-c2ccccc2)n1. The highest BCUT2D eigenvalue weighted by atomic mass is 35.5. The maximum Gasteiger partial charge on any atom is 0.295 e. The van der Waals surface area contributed by atoms with E-state index in [0.717, 1.165) is 16.8 Å². The van der Waals surface area contributed by atoms with Crippen molar-refractivity contribution in [1.82, 2.24) is 14.8 Å². The van der Waals surface area contributed by atoms with E-state index in [1.807, 2.05) is 49.4 Å². The Bertz CT molecular complexity index is 1170. The van der Waals surface area contributed by atoms with Crippen molar-refractivity contribution in [3.63, 3.8) is 0 Å². The number of hydrogen-bond acceptors (Lipinski definition) is 3. The summed E-state index contributed by atoms with van der Waals surface area (Å²) in [6.45, 7) is 1.84. The Morgan fingerprint density at radius 3 is 2.38 bits per heavy atom. The molecule has 1 amide bonds. The van der Waals surface area contributed by atoms with Crippen molar-refractivity contribution < 1.29 is 4.79 Å². The van der Waals surface area contributed by atoms with Crippen molar-refractivity contribution in [3.8, 4) is 17.1 Å². The third kappa shape index (κ3) is 4.01. The topological polar surface area (TPSA) is 59.8 Å². The first-order valence-corrected chi connectivity index (χ1v) is 9.63. The molecular formula is C22H16Cl2N4O. The van der Waals surface area contributed by atoms with E-state index >= 15 is 0 Å². The van der Waals surface area contributed by atoms with E-state index in [0.29, 0.717) is 21.6 Å². The number of aromatic nitrogens is 3. The Balaban J connectivity index is 1.75. The molecule has 3 aromatic carbocycles. The molecule has 0 unspecified atom stereocenters. The number of nitrogens with zero attached hydrogens (tertiary/aromatic N) is 3. The first-order valence-electron chi connectivity index (χ1n) is 8.88. The molecule has 4 rings (SSSR count). The van der Waals surface area contributed by atoms with Gasteiger partial charge in [0.25, 0.3) is 5.91 Å². The Morgan fingerprint density at radius 2 is 1.66 bits per heavy atom. The van der Waals surface area contributed by atoms with Crippen LogP contribution in [0.3, 0.4) is 0 Å². The summed E-state index contributed by atoms with van der Waals surface area (Å²) >= 11 is 12.2. The van der Waals surface area contributed by atoms with Gasteiger partial charge in [-0.05, 0) is 61.0 Å². The number of rotatable bonds is 4. The van der Waals surface area contributed by atoms with Crippen molar-refractivity contribution >= 4 is 34.8 Å². The molecule has 4 aromatic rings. The Morgan fingerprint density at radius 1 is 0.931 bits per heavy atom. The molecule has 0 fully saturated rings. The second-order valence-corrected chi connectivity index (χ2v) is 7.22. The summed E-state index contributed by atoms with van der Waals surface area (Å²) in [5, 5.41) is 8.49. The highest BCUT2D eigenvalue weighted by Gasteiger charge is 2.19. The minimum Gasteiger partial charge on any atom is -0.319 e. The standard InChI is InChI=1S/C22H16Cl2N4O/c1-14-18(24)8-5-9-19(14)25-22(29)20-26-21(15-10-12-16(23)13-11-15)28(27-20)17-6-3-2-4-7-17/h2-13H,1H3,(H,25,29). The second kappa shape index (κ2) is 8.07. The van der Waals surface area contributed by atoms with E-state index in [9.17, 15) is 4.79 Å². The summed E-state index contributed by atoms with van der Waals surface area (Å²) < 4.78 is 1.64. The van der Waals surface area contributed by atoms with Gasteiger partial charge in [-0.25, -0.2) is 9.67 Å². The van der Waals surface area contributed by atoms with E-state index < -0.39 is 5.91 Å². The van der Waals surface area contributed by atoms with E-state index in [1.54, 1.807) is 35.0 Å². The highest BCUT2D eigenvalue weighted by Crippen LogP contribution is 2.25. The van der Waals surface area contributed by atoms with Crippen LogP contribution in [-0.2, 0) is 0 Å². The van der Waals surface area contributed by atoms with Gasteiger partial charge in [-0.1, -0.05) is 47.5 Å². The zero-order valence-corrected chi connectivity index (χ0v) is 16.9. The minimum absolute atomic E-state index is 0.0539. The molecule has 0 atom stereocenters. The van der Waals surface area contributed by atoms with Gasteiger partial charge in [0.15, 0.2) is 5.82 Å². The fraction of sp³-hybridized carbons (Fsp3) is 0.0455. The molecule has 1 heterocycles. The van der Waals surface area contributed by atoms with Crippen molar-refractivity contribution in [2.45, 2.75) is 6.92 Å². The summed E-state index contributed by atoms with van der Waals surface area (Å²) in [5.41, 5.74) is 2.99. The molecule has 0 spiro atoms. The van der Waals surface area contributed by atoms with Crippen LogP contribution in [0.15, 0.2) is 72.8 Å². The highest BCUT2D eigenvalue weighted by molar-refractivity contribution is 6.31. The lowest BCUT2D eigenvalue weighted by atomic mass is 10.2. The largest absolute Gasteiger partial charge is 0.319 e. The Kier molecular flexibility index (Phi) is 5.34. The molecule has 0 saturated carbocycles. The van der Waals surface area contributed by atoms with Gasteiger partial charge in [0, 0.05) is 21.3 Å². The van der Waals surface area contributed by atoms with Crippen molar-refractivity contribution in [2.75, 3.05) is 5.32 Å². The van der Waals surface area contributed by atoms with Gasteiger partial charge in [-0.15, -0.1) is 5.10 Å². The average Bonchev–Trinajstić information content (AvgIpc) is 3.18. The van der Waals surface area contributed by atoms with Crippen LogP contribution in [0.2, 0.25) is 10.0 Å². The van der Waals surface area contributed by atoms with Crippen LogP contribution in [-0.4, -0.2) is 20.7 Å².